The molecule has 0 fully saturated rings. The summed E-state index contributed by atoms with van der Waals surface area (Å²) in [5.74, 6) is 1.18. The van der Waals surface area contributed by atoms with E-state index in [2.05, 4.69) is 28.3 Å². The van der Waals surface area contributed by atoms with Crippen molar-refractivity contribution in [1.29, 1.82) is 0 Å². The summed E-state index contributed by atoms with van der Waals surface area (Å²) in [7, 11) is 0. The monoisotopic (exact) mass is 285 g/mol. The van der Waals surface area contributed by atoms with E-state index in [-0.39, 0.29) is 0 Å². The lowest BCUT2D eigenvalue weighted by molar-refractivity contribution is 0.781. The number of hydrogen-bond acceptors (Lipinski definition) is 5. The van der Waals surface area contributed by atoms with Crippen LogP contribution in [0.3, 0.4) is 0 Å². The predicted molar refractivity (Wildman–Crippen MR) is 81.0 cm³/mol. The van der Waals surface area contributed by atoms with Gasteiger partial charge in [-0.3, -0.25) is 0 Å². The Morgan fingerprint density at radius 3 is 2.55 bits per heavy atom. The third-order valence-electron chi connectivity index (χ3n) is 2.97. The molecule has 0 spiro atoms. The zero-order valence-electron chi connectivity index (χ0n) is 11.3. The fraction of sp³-hybridized carbons (Fsp3) is 0.214. The van der Waals surface area contributed by atoms with Crippen molar-refractivity contribution in [3.63, 3.8) is 0 Å². The van der Waals surface area contributed by atoms with Gasteiger partial charge < -0.3 is 5.73 Å². The van der Waals surface area contributed by atoms with Crippen molar-refractivity contribution in [3.05, 3.63) is 42.5 Å². The molecule has 2 N–H and O–H groups in total. The van der Waals surface area contributed by atoms with Gasteiger partial charge in [0.25, 0.3) is 0 Å². The average molecular weight is 285 g/mol. The highest BCUT2D eigenvalue weighted by Crippen LogP contribution is 2.22. The summed E-state index contributed by atoms with van der Waals surface area (Å²) >= 11 is 1.36. The fourth-order valence-corrected chi connectivity index (χ4v) is 2.55. The first kappa shape index (κ1) is 12.8. The molecular formula is C14H15N5S. The van der Waals surface area contributed by atoms with Gasteiger partial charge in [-0.05, 0) is 17.7 Å². The summed E-state index contributed by atoms with van der Waals surface area (Å²) in [6, 6.07) is 7.73. The van der Waals surface area contributed by atoms with Gasteiger partial charge >= 0.3 is 0 Å². The number of rotatable bonds is 3. The third kappa shape index (κ3) is 2.42. The van der Waals surface area contributed by atoms with Gasteiger partial charge in [0.1, 0.15) is 5.82 Å². The van der Waals surface area contributed by atoms with Crippen molar-refractivity contribution in [2.45, 2.75) is 19.8 Å². The van der Waals surface area contributed by atoms with Crippen molar-refractivity contribution in [2.24, 2.45) is 0 Å². The molecular weight excluding hydrogens is 270 g/mol. The molecule has 1 aromatic carbocycles. The zero-order chi connectivity index (χ0) is 14.1. The lowest BCUT2D eigenvalue weighted by Crippen LogP contribution is -1.95. The molecule has 102 valence electrons. The largest absolute Gasteiger partial charge is 0.399 e. The highest BCUT2D eigenvalue weighted by molar-refractivity contribution is 7.08. The molecule has 2 heterocycles. The van der Waals surface area contributed by atoms with Crippen molar-refractivity contribution in [2.75, 3.05) is 5.73 Å². The number of hydrogen-bond donors (Lipinski definition) is 1. The molecule has 0 bridgehead atoms. The molecule has 0 aliphatic rings. The van der Waals surface area contributed by atoms with E-state index < -0.39 is 0 Å². The van der Waals surface area contributed by atoms with Gasteiger partial charge in [0, 0.05) is 34.9 Å². The van der Waals surface area contributed by atoms with Gasteiger partial charge in [-0.25, -0.2) is 9.67 Å². The molecule has 0 unspecified atom stereocenters. The van der Waals surface area contributed by atoms with Crippen molar-refractivity contribution < 1.29 is 0 Å². The average Bonchev–Trinajstić information content (AvgIpc) is 3.08. The van der Waals surface area contributed by atoms with Crippen LogP contribution in [0.15, 0.2) is 36.7 Å². The van der Waals surface area contributed by atoms with Crippen molar-refractivity contribution in [3.8, 4) is 16.3 Å². The first-order chi connectivity index (χ1) is 9.63. The van der Waals surface area contributed by atoms with Crippen LogP contribution in [-0.4, -0.2) is 19.1 Å². The second kappa shape index (κ2) is 5.05. The van der Waals surface area contributed by atoms with E-state index >= 15 is 0 Å². The standard InChI is InChI=1S/C14H15N5S/c1-9(2)13-17-14(20-18-13)19-8-11(7-16-19)10-3-5-12(15)6-4-10/h3-9H,15H2,1-2H3. The molecule has 2 aromatic heterocycles. The van der Waals surface area contributed by atoms with Crippen LogP contribution in [0, 0.1) is 0 Å². The molecule has 0 saturated carbocycles. The van der Waals surface area contributed by atoms with E-state index in [1.54, 1.807) is 4.68 Å². The van der Waals surface area contributed by atoms with E-state index in [0.717, 1.165) is 27.8 Å². The maximum atomic E-state index is 5.69. The van der Waals surface area contributed by atoms with Gasteiger partial charge in [0.15, 0.2) is 0 Å². The fourth-order valence-electron chi connectivity index (χ4n) is 1.81. The molecule has 3 aromatic rings. The number of nitrogens with two attached hydrogens (primary N) is 1. The Kier molecular flexibility index (Phi) is 3.23. The lowest BCUT2D eigenvalue weighted by Gasteiger charge is -1.97. The Hall–Kier alpha value is -2.21. The minimum absolute atomic E-state index is 0.326. The molecule has 0 aliphatic heterocycles. The molecule has 0 saturated heterocycles. The minimum atomic E-state index is 0.326. The summed E-state index contributed by atoms with van der Waals surface area (Å²) in [6.07, 6.45) is 3.78. The van der Waals surface area contributed by atoms with Crippen LogP contribution in [0.4, 0.5) is 5.69 Å². The molecule has 0 atom stereocenters. The van der Waals surface area contributed by atoms with E-state index in [1.807, 2.05) is 36.7 Å². The van der Waals surface area contributed by atoms with Gasteiger partial charge in [0.2, 0.25) is 5.13 Å². The Morgan fingerprint density at radius 1 is 1.15 bits per heavy atom. The summed E-state index contributed by atoms with van der Waals surface area (Å²) in [6.45, 7) is 4.16. The lowest BCUT2D eigenvalue weighted by atomic mass is 10.1. The van der Waals surface area contributed by atoms with E-state index in [4.69, 9.17) is 5.73 Å². The minimum Gasteiger partial charge on any atom is -0.399 e. The van der Waals surface area contributed by atoms with E-state index in [9.17, 15) is 0 Å². The summed E-state index contributed by atoms with van der Waals surface area (Å²) < 4.78 is 6.10. The molecule has 3 rings (SSSR count). The predicted octanol–water partition coefficient (Wildman–Crippen LogP) is 3.10. The van der Waals surface area contributed by atoms with E-state index in [1.165, 1.54) is 11.5 Å². The van der Waals surface area contributed by atoms with Crippen LogP contribution in [0.1, 0.15) is 25.6 Å². The van der Waals surface area contributed by atoms with Crippen molar-refractivity contribution in [1.82, 2.24) is 19.1 Å². The second-order valence-electron chi connectivity index (χ2n) is 4.89. The van der Waals surface area contributed by atoms with Crippen LogP contribution in [0.5, 0.6) is 0 Å². The molecule has 0 radical (unpaired) electrons. The number of nitrogen functional groups attached to an aromatic ring is 1. The normalized spacial score (nSPS) is 11.2. The summed E-state index contributed by atoms with van der Waals surface area (Å²) in [4.78, 5) is 4.49. The summed E-state index contributed by atoms with van der Waals surface area (Å²) in [5, 5.41) is 5.14. The Bertz CT molecular complexity index is 711. The summed E-state index contributed by atoms with van der Waals surface area (Å²) in [5.41, 5.74) is 8.57. The van der Waals surface area contributed by atoms with Crippen LogP contribution >= 0.6 is 11.5 Å². The van der Waals surface area contributed by atoms with E-state index in [0.29, 0.717) is 5.92 Å². The first-order valence-corrected chi connectivity index (χ1v) is 7.15. The van der Waals surface area contributed by atoms with Crippen LogP contribution in [-0.2, 0) is 0 Å². The van der Waals surface area contributed by atoms with Gasteiger partial charge in [-0.15, -0.1) is 0 Å². The number of aromatic nitrogens is 4. The van der Waals surface area contributed by atoms with Crippen LogP contribution in [0.25, 0.3) is 16.3 Å². The molecule has 0 aliphatic carbocycles. The molecule has 0 amide bonds. The van der Waals surface area contributed by atoms with Crippen molar-refractivity contribution >= 4 is 17.2 Å². The SMILES string of the molecule is CC(C)c1nsc(-n2cc(-c3ccc(N)cc3)cn2)n1. The highest BCUT2D eigenvalue weighted by Gasteiger charge is 2.10. The number of benzene rings is 1. The number of nitrogens with zero attached hydrogens (tertiary/aromatic N) is 4. The van der Waals surface area contributed by atoms with Crippen LogP contribution < -0.4 is 5.73 Å². The second-order valence-corrected chi connectivity index (χ2v) is 5.62. The Balaban J connectivity index is 1.91. The molecule has 5 nitrogen and oxygen atoms in total. The number of anilines is 1. The topological polar surface area (TPSA) is 69.6 Å². The maximum Gasteiger partial charge on any atom is 0.230 e. The van der Waals surface area contributed by atoms with Gasteiger partial charge in [0.05, 0.1) is 6.20 Å². The smallest absolute Gasteiger partial charge is 0.230 e. The molecule has 20 heavy (non-hydrogen) atoms. The van der Waals surface area contributed by atoms with Gasteiger partial charge in [-0.1, -0.05) is 26.0 Å². The Morgan fingerprint density at radius 2 is 1.90 bits per heavy atom. The maximum absolute atomic E-state index is 5.69. The van der Waals surface area contributed by atoms with Gasteiger partial charge in [-0.2, -0.15) is 9.47 Å². The third-order valence-corrected chi connectivity index (χ3v) is 3.69. The first-order valence-electron chi connectivity index (χ1n) is 6.38. The highest BCUT2D eigenvalue weighted by atomic mass is 32.1. The zero-order valence-corrected chi connectivity index (χ0v) is 12.1. The van der Waals surface area contributed by atoms with Crippen LogP contribution in [0.2, 0.25) is 0 Å². The molecule has 6 heteroatoms. The quantitative estimate of drug-likeness (QED) is 0.751. The Labute approximate surface area is 121 Å².